The highest BCUT2D eigenvalue weighted by Crippen LogP contribution is 2.05. The number of carbonyl (C=O) groups is 4. The highest BCUT2D eigenvalue weighted by Gasteiger charge is 2.30. The van der Waals surface area contributed by atoms with Crippen LogP contribution < -0.4 is 21.7 Å². The van der Waals surface area contributed by atoms with Crippen LogP contribution in [-0.4, -0.2) is 75.1 Å². The van der Waals surface area contributed by atoms with Crippen molar-refractivity contribution in [3.8, 4) is 0 Å². The molecule has 1 aromatic rings. The minimum Gasteiger partial charge on any atom is -0.480 e. The number of carbonyl (C=O) groups excluding carboxylic acids is 3. The number of rotatable bonds is 11. The van der Waals surface area contributed by atoms with Gasteiger partial charge in [0.2, 0.25) is 17.7 Å². The van der Waals surface area contributed by atoms with Gasteiger partial charge in [-0.2, -0.15) is 0 Å². The van der Waals surface area contributed by atoms with Crippen LogP contribution in [0.2, 0.25) is 0 Å². The second-order valence-corrected chi connectivity index (χ2v) is 6.42. The molecule has 8 N–H and O–H groups in total. The van der Waals surface area contributed by atoms with E-state index in [1.807, 2.05) is 0 Å². The number of nitrogens with two attached hydrogens (primary N) is 1. The van der Waals surface area contributed by atoms with Gasteiger partial charge in [0.05, 0.1) is 19.5 Å². The molecule has 0 aliphatic carbocycles. The van der Waals surface area contributed by atoms with Crippen LogP contribution in [0.3, 0.4) is 0 Å². The van der Waals surface area contributed by atoms with E-state index in [0.717, 1.165) is 0 Å². The minimum atomic E-state index is -1.31. The van der Waals surface area contributed by atoms with Gasteiger partial charge in [-0.15, -0.1) is 0 Å². The summed E-state index contributed by atoms with van der Waals surface area (Å²) in [7, 11) is 0. The molecule has 3 unspecified atom stereocenters. The maximum absolute atomic E-state index is 12.6. The van der Waals surface area contributed by atoms with E-state index in [0.29, 0.717) is 5.69 Å². The molecule has 3 amide bonds. The van der Waals surface area contributed by atoms with Crippen molar-refractivity contribution in [2.45, 2.75) is 38.4 Å². The van der Waals surface area contributed by atoms with Crippen LogP contribution in [0.15, 0.2) is 12.5 Å². The summed E-state index contributed by atoms with van der Waals surface area (Å²) >= 11 is 0. The monoisotopic (exact) mass is 398 g/mol. The fraction of sp³-hybridized carbons (Fsp3) is 0.562. The van der Waals surface area contributed by atoms with Crippen molar-refractivity contribution in [2.75, 3.05) is 13.2 Å². The molecule has 12 nitrogen and oxygen atoms in total. The first kappa shape index (κ1) is 23.0. The van der Waals surface area contributed by atoms with Gasteiger partial charge in [0, 0.05) is 18.3 Å². The summed E-state index contributed by atoms with van der Waals surface area (Å²) in [4.78, 5) is 54.3. The van der Waals surface area contributed by atoms with E-state index in [1.165, 1.54) is 12.5 Å². The van der Waals surface area contributed by atoms with Crippen LogP contribution in [-0.2, 0) is 25.6 Å². The largest absolute Gasteiger partial charge is 0.480 e. The predicted octanol–water partition coefficient (Wildman–Crippen LogP) is -2.90. The Labute approximate surface area is 161 Å². The standard InChI is InChI=1S/C16H26N6O6/c1-8(2)13(16(27)28)22-14(25)10(3-9-5-18-7-19-9)21-15(26)11(6-23)20-12(24)4-17/h5,7-8,10-11,13,23H,3-4,6,17H2,1-2H3,(H,18,19)(H,20,24)(H,21,26)(H,22,25)(H,27,28). The van der Waals surface area contributed by atoms with Gasteiger partial charge in [0.1, 0.15) is 18.1 Å². The Kier molecular flexibility index (Phi) is 9.05. The van der Waals surface area contributed by atoms with Crippen LogP contribution in [0, 0.1) is 5.92 Å². The number of aliphatic hydroxyl groups excluding tert-OH is 1. The Hall–Kier alpha value is -2.99. The van der Waals surface area contributed by atoms with E-state index in [-0.39, 0.29) is 18.9 Å². The molecule has 1 aromatic heterocycles. The Morgan fingerprint density at radius 3 is 2.25 bits per heavy atom. The lowest BCUT2D eigenvalue weighted by Crippen LogP contribution is -2.58. The molecule has 0 aliphatic rings. The summed E-state index contributed by atoms with van der Waals surface area (Å²) in [6.07, 6.45) is 2.83. The highest BCUT2D eigenvalue weighted by atomic mass is 16.4. The van der Waals surface area contributed by atoms with Gasteiger partial charge < -0.3 is 36.9 Å². The number of carboxylic acid groups (broad SMARTS) is 1. The van der Waals surface area contributed by atoms with Gasteiger partial charge in [0.25, 0.3) is 0 Å². The summed E-state index contributed by atoms with van der Waals surface area (Å²) in [6, 6.07) is -3.63. The van der Waals surface area contributed by atoms with Crippen molar-refractivity contribution >= 4 is 23.7 Å². The maximum atomic E-state index is 12.6. The average molecular weight is 398 g/mol. The molecular weight excluding hydrogens is 372 g/mol. The van der Waals surface area contributed by atoms with E-state index in [4.69, 9.17) is 5.73 Å². The number of aromatic amines is 1. The van der Waals surface area contributed by atoms with E-state index in [1.54, 1.807) is 13.8 Å². The van der Waals surface area contributed by atoms with Gasteiger partial charge in [-0.1, -0.05) is 13.8 Å². The number of hydrogen-bond acceptors (Lipinski definition) is 7. The maximum Gasteiger partial charge on any atom is 0.326 e. The first-order valence-electron chi connectivity index (χ1n) is 8.60. The first-order valence-corrected chi connectivity index (χ1v) is 8.60. The second-order valence-electron chi connectivity index (χ2n) is 6.42. The summed E-state index contributed by atoms with van der Waals surface area (Å²) in [5.41, 5.74) is 5.69. The molecule has 12 heteroatoms. The van der Waals surface area contributed by atoms with Crippen LogP contribution >= 0.6 is 0 Å². The average Bonchev–Trinajstić information content (AvgIpc) is 3.15. The van der Waals surface area contributed by atoms with E-state index in [9.17, 15) is 29.4 Å². The summed E-state index contributed by atoms with van der Waals surface area (Å²) in [5, 5.41) is 25.6. The van der Waals surface area contributed by atoms with Gasteiger partial charge >= 0.3 is 5.97 Å². The molecule has 0 saturated heterocycles. The molecule has 0 saturated carbocycles. The SMILES string of the molecule is CC(C)C(NC(=O)C(Cc1cnc[nH]1)NC(=O)C(CO)NC(=O)CN)C(=O)O. The second kappa shape index (κ2) is 11.0. The number of hydrogen-bond donors (Lipinski definition) is 7. The molecule has 156 valence electrons. The minimum absolute atomic E-state index is 0.00894. The number of amides is 3. The molecule has 0 bridgehead atoms. The smallest absolute Gasteiger partial charge is 0.326 e. The Balaban J connectivity index is 2.95. The zero-order chi connectivity index (χ0) is 21.3. The Morgan fingerprint density at radius 2 is 1.79 bits per heavy atom. The van der Waals surface area contributed by atoms with E-state index in [2.05, 4.69) is 25.9 Å². The number of nitrogens with one attached hydrogen (secondary N) is 4. The number of imidazole rings is 1. The molecule has 28 heavy (non-hydrogen) atoms. The molecule has 0 aromatic carbocycles. The van der Waals surface area contributed by atoms with Crippen molar-refractivity contribution in [3.63, 3.8) is 0 Å². The molecule has 3 atom stereocenters. The number of aliphatic hydroxyl groups is 1. The molecular formula is C16H26N6O6. The van der Waals surface area contributed by atoms with Crippen LogP contribution in [0.25, 0.3) is 0 Å². The van der Waals surface area contributed by atoms with Crippen LogP contribution in [0.1, 0.15) is 19.5 Å². The summed E-state index contributed by atoms with van der Waals surface area (Å²) in [5.74, 6) is -3.81. The number of H-pyrrole nitrogens is 1. The number of aliphatic carboxylic acids is 1. The van der Waals surface area contributed by atoms with Gasteiger partial charge in [-0.25, -0.2) is 9.78 Å². The zero-order valence-electron chi connectivity index (χ0n) is 15.6. The molecule has 1 rings (SSSR count). The first-order chi connectivity index (χ1) is 13.2. The van der Waals surface area contributed by atoms with E-state index < -0.39 is 48.4 Å². The van der Waals surface area contributed by atoms with Crippen molar-refractivity contribution < 1.29 is 29.4 Å². The van der Waals surface area contributed by atoms with Crippen molar-refractivity contribution in [1.82, 2.24) is 25.9 Å². The van der Waals surface area contributed by atoms with Gasteiger partial charge in [-0.3, -0.25) is 14.4 Å². The summed E-state index contributed by atoms with van der Waals surface area (Å²) < 4.78 is 0. The van der Waals surface area contributed by atoms with Crippen molar-refractivity contribution in [2.24, 2.45) is 11.7 Å². The Morgan fingerprint density at radius 1 is 1.14 bits per heavy atom. The lowest BCUT2D eigenvalue weighted by Gasteiger charge is -2.24. The number of carboxylic acids is 1. The lowest BCUT2D eigenvalue weighted by atomic mass is 10.0. The topological polar surface area (TPSA) is 200 Å². The van der Waals surface area contributed by atoms with Crippen LogP contribution in [0.4, 0.5) is 0 Å². The third-order valence-corrected chi connectivity index (χ3v) is 3.86. The third kappa shape index (κ3) is 6.96. The number of aromatic nitrogens is 2. The fourth-order valence-electron chi connectivity index (χ4n) is 2.31. The van der Waals surface area contributed by atoms with Crippen LogP contribution in [0.5, 0.6) is 0 Å². The molecule has 0 fully saturated rings. The van der Waals surface area contributed by atoms with Crippen molar-refractivity contribution in [1.29, 1.82) is 0 Å². The molecule has 0 spiro atoms. The quantitative estimate of drug-likeness (QED) is 0.206. The third-order valence-electron chi connectivity index (χ3n) is 3.86. The lowest BCUT2D eigenvalue weighted by molar-refractivity contribution is -0.143. The summed E-state index contributed by atoms with van der Waals surface area (Å²) in [6.45, 7) is 2.17. The molecule has 1 heterocycles. The molecule has 0 radical (unpaired) electrons. The van der Waals surface area contributed by atoms with Crippen molar-refractivity contribution in [3.05, 3.63) is 18.2 Å². The molecule has 0 aliphatic heterocycles. The fourth-order valence-corrected chi connectivity index (χ4v) is 2.31. The Bertz CT molecular complexity index is 677. The highest BCUT2D eigenvalue weighted by molar-refractivity contribution is 5.93. The normalized spacial score (nSPS) is 14.0. The van der Waals surface area contributed by atoms with E-state index >= 15 is 0 Å². The van der Waals surface area contributed by atoms with Gasteiger partial charge in [0.15, 0.2) is 0 Å². The zero-order valence-corrected chi connectivity index (χ0v) is 15.6. The number of nitrogens with zero attached hydrogens (tertiary/aromatic N) is 1. The van der Waals surface area contributed by atoms with Gasteiger partial charge in [-0.05, 0) is 5.92 Å². The predicted molar refractivity (Wildman–Crippen MR) is 96.7 cm³/mol.